The van der Waals surface area contributed by atoms with Crippen LogP contribution in [0, 0.1) is 23.7 Å². The fraction of sp³-hybridized carbons (Fsp3) is 1.00. The Labute approximate surface area is 140 Å². The molecule has 0 aromatic carbocycles. The first-order valence-electron chi connectivity index (χ1n) is 10.8. The molecule has 0 aromatic heterocycles. The SMILES string of the molecule is CCCCC1CC1CCCCCCCCC1CC1CCCC. The van der Waals surface area contributed by atoms with Crippen molar-refractivity contribution in [1.29, 1.82) is 0 Å². The van der Waals surface area contributed by atoms with Crippen LogP contribution < -0.4 is 0 Å². The van der Waals surface area contributed by atoms with Gasteiger partial charge in [-0.1, -0.05) is 104 Å². The first kappa shape index (κ1) is 18.3. The third kappa shape index (κ3) is 7.51. The van der Waals surface area contributed by atoms with E-state index in [9.17, 15) is 0 Å². The van der Waals surface area contributed by atoms with Crippen molar-refractivity contribution in [3.8, 4) is 0 Å². The van der Waals surface area contributed by atoms with E-state index in [1.54, 1.807) is 25.7 Å². The Hall–Kier alpha value is 0. The van der Waals surface area contributed by atoms with Crippen LogP contribution in [0.15, 0.2) is 0 Å². The second-order valence-electron chi connectivity index (χ2n) is 8.49. The normalized spacial score (nSPS) is 29.7. The summed E-state index contributed by atoms with van der Waals surface area (Å²) in [5, 5.41) is 0. The van der Waals surface area contributed by atoms with Gasteiger partial charge in [0.2, 0.25) is 0 Å². The van der Waals surface area contributed by atoms with E-state index in [1.165, 1.54) is 77.0 Å². The van der Waals surface area contributed by atoms with Crippen LogP contribution in [-0.2, 0) is 0 Å². The molecule has 22 heavy (non-hydrogen) atoms. The maximum absolute atomic E-state index is 2.33. The summed E-state index contributed by atoms with van der Waals surface area (Å²) in [4.78, 5) is 0. The van der Waals surface area contributed by atoms with Gasteiger partial charge in [-0.15, -0.1) is 0 Å². The van der Waals surface area contributed by atoms with E-state index < -0.39 is 0 Å². The fourth-order valence-corrected chi connectivity index (χ4v) is 4.49. The smallest absolute Gasteiger partial charge is 0.0383 e. The minimum atomic E-state index is 1.14. The molecular weight excluding hydrogens is 264 g/mol. The van der Waals surface area contributed by atoms with Gasteiger partial charge in [-0.25, -0.2) is 0 Å². The van der Waals surface area contributed by atoms with Crippen molar-refractivity contribution in [2.24, 2.45) is 23.7 Å². The van der Waals surface area contributed by atoms with Crippen LogP contribution >= 0.6 is 0 Å². The first-order valence-corrected chi connectivity index (χ1v) is 10.8. The minimum absolute atomic E-state index is 1.14. The van der Waals surface area contributed by atoms with E-state index in [0.29, 0.717) is 0 Å². The number of unbranched alkanes of at least 4 members (excludes halogenated alkanes) is 7. The molecular formula is C22H42. The van der Waals surface area contributed by atoms with Gasteiger partial charge in [-0.2, -0.15) is 0 Å². The number of hydrogen-bond donors (Lipinski definition) is 0. The van der Waals surface area contributed by atoms with Crippen LogP contribution in [0.25, 0.3) is 0 Å². The molecule has 4 atom stereocenters. The van der Waals surface area contributed by atoms with Crippen molar-refractivity contribution in [1.82, 2.24) is 0 Å². The topological polar surface area (TPSA) is 0 Å². The summed E-state index contributed by atoms with van der Waals surface area (Å²) in [5.41, 5.74) is 0. The molecule has 2 aliphatic carbocycles. The predicted octanol–water partition coefficient (Wildman–Crippen LogP) is 7.76. The van der Waals surface area contributed by atoms with Crippen molar-refractivity contribution in [2.45, 2.75) is 117 Å². The summed E-state index contributed by atoms with van der Waals surface area (Å²) >= 11 is 0. The fourth-order valence-electron chi connectivity index (χ4n) is 4.49. The van der Waals surface area contributed by atoms with E-state index in [-0.39, 0.29) is 0 Å². The van der Waals surface area contributed by atoms with Crippen LogP contribution in [0.3, 0.4) is 0 Å². The molecule has 2 rings (SSSR count). The summed E-state index contributed by atoms with van der Waals surface area (Å²) in [6, 6.07) is 0. The van der Waals surface area contributed by atoms with E-state index in [4.69, 9.17) is 0 Å². The lowest BCUT2D eigenvalue weighted by Crippen LogP contribution is -1.87. The molecule has 0 nitrogen and oxygen atoms in total. The lowest BCUT2D eigenvalue weighted by atomic mass is 10.0. The van der Waals surface area contributed by atoms with Crippen LogP contribution in [0.1, 0.15) is 117 Å². The zero-order valence-corrected chi connectivity index (χ0v) is 15.6. The van der Waals surface area contributed by atoms with E-state index in [0.717, 1.165) is 23.7 Å². The molecule has 0 bridgehead atoms. The van der Waals surface area contributed by atoms with Gasteiger partial charge in [0.15, 0.2) is 0 Å². The molecule has 2 fully saturated rings. The molecule has 0 radical (unpaired) electrons. The maximum Gasteiger partial charge on any atom is -0.0383 e. The highest BCUT2D eigenvalue weighted by atomic mass is 14.4. The molecule has 2 saturated carbocycles. The van der Waals surface area contributed by atoms with Crippen LogP contribution in [-0.4, -0.2) is 0 Å². The zero-order chi connectivity index (χ0) is 15.6. The Balaban J connectivity index is 1.28. The Morgan fingerprint density at radius 3 is 1.14 bits per heavy atom. The Morgan fingerprint density at radius 1 is 0.455 bits per heavy atom. The first-order chi connectivity index (χ1) is 10.8. The standard InChI is InChI=1S/C22H42/c1-3-5-13-19-17-21(19)15-11-9-7-8-10-12-16-22-18-20(22)14-6-4-2/h19-22H,3-18H2,1-2H3. The molecule has 0 saturated heterocycles. The van der Waals surface area contributed by atoms with Crippen molar-refractivity contribution in [2.75, 3.05) is 0 Å². The summed E-state index contributed by atoms with van der Waals surface area (Å²) in [6.45, 7) is 4.65. The van der Waals surface area contributed by atoms with Crippen molar-refractivity contribution in [3.05, 3.63) is 0 Å². The van der Waals surface area contributed by atoms with E-state index in [1.807, 2.05) is 0 Å². The summed E-state index contributed by atoms with van der Waals surface area (Å²) in [5.74, 6) is 4.56. The minimum Gasteiger partial charge on any atom is -0.0654 e. The highest BCUT2D eigenvalue weighted by molar-refractivity contribution is 4.86. The number of rotatable bonds is 15. The van der Waals surface area contributed by atoms with Crippen LogP contribution in [0.2, 0.25) is 0 Å². The van der Waals surface area contributed by atoms with Crippen LogP contribution in [0.4, 0.5) is 0 Å². The average Bonchev–Trinajstić information content (AvgIpc) is 3.43. The largest absolute Gasteiger partial charge is 0.0654 e. The second kappa shape index (κ2) is 10.7. The van der Waals surface area contributed by atoms with Crippen molar-refractivity contribution < 1.29 is 0 Å². The lowest BCUT2D eigenvalue weighted by Gasteiger charge is -2.03. The summed E-state index contributed by atoms with van der Waals surface area (Å²) in [7, 11) is 0. The van der Waals surface area contributed by atoms with Gasteiger partial charge in [0, 0.05) is 0 Å². The average molecular weight is 307 g/mol. The molecule has 0 heterocycles. The van der Waals surface area contributed by atoms with Gasteiger partial charge in [0.25, 0.3) is 0 Å². The lowest BCUT2D eigenvalue weighted by molar-refractivity contribution is 0.509. The zero-order valence-electron chi connectivity index (χ0n) is 15.6. The molecule has 2 aliphatic rings. The maximum atomic E-state index is 2.33. The molecule has 0 amide bonds. The molecule has 0 N–H and O–H groups in total. The highest BCUT2D eigenvalue weighted by Gasteiger charge is 2.35. The highest BCUT2D eigenvalue weighted by Crippen LogP contribution is 2.46. The van der Waals surface area contributed by atoms with Gasteiger partial charge in [-0.3, -0.25) is 0 Å². The molecule has 130 valence electrons. The Kier molecular flexibility index (Phi) is 8.93. The van der Waals surface area contributed by atoms with Gasteiger partial charge < -0.3 is 0 Å². The van der Waals surface area contributed by atoms with Gasteiger partial charge in [0.05, 0.1) is 0 Å². The van der Waals surface area contributed by atoms with E-state index >= 15 is 0 Å². The number of hydrogen-bond acceptors (Lipinski definition) is 0. The van der Waals surface area contributed by atoms with Gasteiger partial charge in [0.1, 0.15) is 0 Å². The van der Waals surface area contributed by atoms with Gasteiger partial charge >= 0.3 is 0 Å². The van der Waals surface area contributed by atoms with E-state index in [2.05, 4.69) is 13.8 Å². The van der Waals surface area contributed by atoms with Crippen LogP contribution in [0.5, 0.6) is 0 Å². The van der Waals surface area contributed by atoms with Crippen molar-refractivity contribution >= 4 is 0 Å². The molecule has 0 heteroatoms. The molecule has 0 spiro atoms. The predicted molar refractivity (Wildman–Crippen MR) is 99.2 cm³/mol. The summed E-state index contributed by atoms with van der Waals surface area (Å²) < 4.78 is 0. The Bertz CT molecular complexity index is 241. The summed E-state index contributed by atoms with van der Waals surface area (Å²) in [6.07, 6.45) is 24.1. The third-order valence-corrected chi connectivity index (χ3v) is 6.39. The quantitative estimate of drug-likeness (QED) is 0.271. The van der Waals surface area contributed by atoms with Gasteiger partial charge in [-0.05, 0) is 36.5 Å². The molecule has 0 aromatic rings. The molecule has 0 aliphatic heterocycles. The third-order valence-electron chi connectivity index (χ3n) is 6.39. The molecule has 4 unspecified atom stereocenters. The van der Waals surface area contributed by atoms with Crippen molar-refractivity contribution in [3.63, 3.8) is 0 Å². The monoisotopic (exact) mass is 306 g/mol. The Morgan fingerprint density at radius 2 is 0.773 bits per heavy atom. The second-order valence-corrected chi connectivity index (χ2v) is 8.49.